The Bertz CT molecular complexity index is 1410. The second-order valence-corrected chi connectivity index (χ2v) is 9.36. The molecule has 4 heterocycles. The van der Waals surface area contributed by atoms with E-state index in [0.29, 0.717) is 16.6 Å². The first-order valence-electron chi connectivity index (χ1n) is 11.7. The average Bonchev–Trinajstić information content (AvgIpc) is 3.50. The van der Waals surface area contributed by atoms with Crippen LogP contribution in [0.1, 0.15) is 42.4 Å². The zero-order valence-electron chi connectivity index (χ0n) is 19.9. The maximum atomic E-state index is 12.0. The van der Waals surface area contributed by atoms with Gasteiger partial charge in [0.15, 0.2) is 5.11 Å². The summed E-state index contributed by atoms with van der Waals surface area (Å²) in [5.74, 6) is 0.733. The molecule has 36 heavy (non-hydrogen) atoms. The van der Waals surface area contributed by atoms with Gasteiger partial charge in [-0.05, 0) is 79.3 Å². The van der Waals surface area contributed by atoms with Crippen LogP contribution in [0.3, 0.4) is 0 Å². The van der Waals surface area contributed by atoms with Gasteiger partial charge < -0.3 is 20.1 Å². The molecular formula is C27H25ClN6OS. The number of aryl methyl sites for hydroxylation is 1. The molecular weight excluding hydrogens is 492 g/mol. The van der Waals surface area contributed by atoms with E-state index < -0.39 is 0 Å². The van der Waals surface area contributed by atoms with E-state index in [1.54, 1.807) is 12.4 Å². The number of nitrogens with zero attached hydrogens (tertiary/aromatic N) is 4. The van der Waals surface area contributed by atoms with Gasteiger partial charge in [-0.3, -0.25) is 9.78 Å². The summed E-state index contributed by atoms with van der Waals surface area (Å²) >= 11 is 12.0. The predicted molar refractivity (Wildman–Crippen MR) is 147 cm³/mol. The third-order valence-electron chi connectivity index (χ3n) is 6.22. The van der Waals surface area contributed by atoms with Crippen LogP contribution >= 0.6 is 23.8 Å². The normalized spacial score (nSPS) is 17.2. The largest absolute Gasteiger partial charge is 0.351 e. The third kappa shape index (κ3) is 4.57. The van der Waals surface area contributed by atoms with Crippen molar-refractivity contribution in [3.8, 4) is 5.82 Å². The van der Waals surface area contributed by atoms with Gasteiger partial charge in [0, 0.05) is 42.1 Å². The molecule has 0 radical (unpaired) electrons. The lowest BCUT2D eigenvalue weighted by atomic mass is 10.0. The van der Waals surface area contributed by atoms with E-state index in [-0.39, 0.29) is 18.0 Å². The van der Waals surface area contributed by atoms with E-state index in [1.165, 1.54) is 0 Å². The SMILES string of the molecule is CCC(=O)Nc1ccc(N2C(=S)N[C@H](c3ccccn3)[C@@H]2c2cccn2-c2ccc(Cl)cn2)cc1C. The number of pyridine rings is 2. The minimum absolute atomic E-state index is 0.0226. The van der Waals surface area contributed by atoms with Crippen molar-refractivity contribution in [2.75, 3.05) is 10.2 Å². The molecule has 1 aromatic carbocycles. The number of halogens is 1. The maximum Gasteiger partial charge on any atom is 0.224 e. The molecule has 1 amide bonds. The number of carbonyl (C=O) groups is 1. The number of nitrogens with one attached hydrogen (secondary N) is 2. The molecule has 1 saturated heterocycles. The highest BCUT2D eigenvalue weighted by Gasteiger charge is 2.42. The van der Waals surface area contributed by atoms with Crippen LogP contribution in [-0.4, -0.2) is 25.6 Å². The molecule has 4 aromatic rings. The lowest BCUT2D eigenvalue weighted by molar-refractivity contribution is -0.115. The lowest BCUT2D eigenvalue weighted by Gasteiger charge is -2.29. The number of carbonyl (C=O) groups excluding carboxylic acids is 1. The standard InChI is InChI=1S/C27H25ClN6OS/c1-3-24(35)31-20-11-10-19(15-17(20)2)34-26(25(32-27(34)36)21-7-4-5-13-29-21)22-8-6-14-33(22)23-12-9-18(28)16-30-23/h4-16,25-26H,3H2,1-2H3,(H,31,35)(H,32,36)/t25-,26+/m1/s1. The van der Waals surface area contributed by atoms with Crippen LogP contribution < -0.4 is 15.5 Å². The Morgan fingerprint density at radius 3 is 2.69 bits per heavy atom. The van der Waals surface area contributed by atoms with Gasteiger partial charge in [-0.2, -0.15) is 0 Å². The summed E-state index contributed by atoms with van der Waals surface area (Å²) in [6.07, 6.45) is 5.83. The fraction of sp³-hybridized carbons (Fsp3) is 0.185. The highest BCUT2D eigenvalue weighted by atomic mass is 35.5. The Balaban J connectivity index is 1.61. The highest BCUT2D eigenvalue weighted by Crippen LogP contribution is 2.42. The van der Waals surface area contributed by atoms with Gasteiger partial charge in [-0.1, -0.05) is 24.6 Å². The van der Waals surface area contributed by atoms with Gasteiger partial charge in [0.2, 0.25) is 5.91 Å². The number of rotatable bonds is 6. The van der Waals surface area contributed by atoms with Crippen molar-refractivity contribution in [3.05, 3.63) is 101 Å². The molecule has 0 saturated carbocycles. The number of anilines is 2. The molecule has 0 aliphatic carbocycles. The molecule has 2 N–H and O–H groups in total. The highest BCUT2D eigenvalue weighted by molar-refractivity contribution is 7.80. The molecule has 1 aliphatic rings. The first-order valence-corrected chi connectivity index (χ1v) is 12.4. The third-order valence-corrected chi connectivity index (χ3v) is 6.76. The first-order chi connectivity index (χ1) is 17.5. The fourth-order valence-electron chi connectivity index (χ4n) is 4.46. The predicted octanol–water partition coefficient (Wildman–Crippen LogP) is 5.75. The van der Waals surface area contributed by atoms with Crippen molar-refractivity contribution < 1.29 is 4.79 Å². The van der Waals surface area contributed by atoms with Gasteiger partial charge >= 0.3 is 0 Å². The Morgan fingerprint density at radius 2 is 2.00 bits per heavy atom. The van der Waals surface area contributed by atoms with Crippen LogP contribution in [-0.2, 0) is 4.79 Å². The smallest absolute Gasteiger partial charge is 0.224 e. The number of thiocarbonyl (C=S) groups is 1. The van der Waals surface area contributed by atoms with Crippen molar-refractivity contribution in [2.45, 2.75) is 32.4 Å². The first kappa shape index (κ1) is 24.0. The number of benzene rings is 1. The topological polar surface area (TPSA) is 75.1 Å². The number of amides is 1. The maximum absolute atomic E-state index is 12.0. The molecule has 1 fully saturated rings. The molecule has 7 nitrogen and oxygen atoms in total. The van der Waals surface area contributed by atoms with E-state index in [1.807, 2.05) is 79.2 Å². The molecule has 1 aliphatic heterocycles. The summed E-state index contributed by atoms with van der Waals surface area (Å²) in [5.41, 5.74) is 4.53. The second-order valence-electron chi connectivity index (χ2n) is 8.54. The summed E-state index contributed by atoms with van der Waals surface area (Å²) in [4.78, 5) is 23.2. The van der Waals surface area contributed by atoms with Gasteiger partial charge in [-0.25, -0.2) is 4.98 Å². The molecule has 9 heteroatoms. The van der Waals surface area contributed by atoms with Crippen molar-refractivity contribution >= 4 is 46.2 Å². The van der Waals surface area contributed by atoms with Gasteiger partial charge in [0.1, 0.15) is 11.9 Å². The van der Waals surface area contributed by atoms with Gasteiger partial charge in [-0.15, -0.1) is 0 Å². The van der Waals surface area contributed by atoms with Crippen LogP contribution in [0.15, 0.2) is 79.3 Å². The summed E-state index contributed by atoms with van der Waals surface area (Å²) in [6, 6.07) is 19.2. The Labute approximate surface area is 220 Å². The van der Waals surface area contributed by atoms with E-state index in [0.717, 1.165) is 34.1 Å². The second kappa shape index (κ2) is 10.1. The minimum Gasteiger partial charge on any atom is -0.351 e. The molecule has 0 unspecified atom stereocenters. The van der Waals surface area contributed by atoms with Crippen LogP contribution in [0.4, 0.5) is 11.4 Å². The molecule has 0 bridgehead atoms. The van der Waals surface area contributed by atoms with Crippen LogP contribution in [0.5, 0.6) is 0 Å². The summed E-state index contributed by atoms with van der Waals surface area (Å²) < 4.78 is 2.04. The zero-order valence-corrected chi connectivity index (χ0v) is 21.4. The fourth-order valence-corrected chi connectivity index (χ4v) is 4.92. The minimum atomic E-state index is -0.213. The Morgan fingerprint density at radius 1 is 1.14 bits per heavy atom. The van der Waals surface area contributed by atoms with Gasteiger partial charge in [0.05, 0.1) is 16.8 Å². The number of hydrogen-bond donors (Lipinski definition) is 2. The Kier molecular flexibility index (Phi) is 6.71. The summed E-state index contributed by atoms with van der Waals surface area (Å²) in [5, 5.41) is 7.62. The van der Waals surface area contributed by atoms with Crippen molar-refractivity contribution in [1.29, 1.82) is 0 Å². The van der Waals surface area contributed by atoms with Crippen LogP contribution in [0.25, 0.3) is 5.82 Å². The molecule has 3 aromatic heterocycles. The van der Waals surface area contributed by atoms with Crippen molar-refractivity contribution in [2.24, 2.45) is 0 Å². The summed E-state index contributed by atoms with van der Waals surface area (Å²) in [6.45, 7) is 3.81. The lowest BCUT2D eigenvalue weighted by Crippen LogP contribution is -2.30. The summed E-state index contributed by atoms with van der Waals surface area (Å²) in [7, 11) is 0. The van der Waals surface area contributed by atoms with E-state index in [4.69, 9.17) is 23.8 Å². The Hall–Kier alpha value is -3.75. The monoisotopic (exact) mass is 516 g/mol. The molecule has 5 rings (SSSR count). The van der Waals surface area contributed by atoms with Crippen molar-refractivity contribution in [1.82, 2.24) is 19.9 Å². The number of aromatic nitrogens is 3. The van der Waals surface area contributed by atoms with Crippen LogP contribution in [0.2, 0.25) is 5.02 Å². The quantitative estimate of drug-likeness (QED) is 0.318. The number of hydrogen-bond acceptors (Lipinski definition) is 4. The zero-order chi connectivity index (χ0) is 25.2. The van der Waals surface area contributed by atoms with Crippen LogP contribution in [0, 0.1) is 6.92 Å². The van der Waals surface area contributed by atoms with E-state index in [9.17, 15) is 4.79 Å². The van der Waals surface area contributed by atoms with E-state index in [2.05, 4.69) is 31.6 Å². The van der Waals surface area contributed by atoms with E-state index >= 15 is 0 Å². The molecule has 0 spiro atoms. The molecule has 2 atom stereocenters. The van der Waals surface area contributed by atoms with Crippen molar-refractivity contribution in [3.63, 3.8) is 0 Å². The average molecular weight is 517 g/mol. The van der Waals surface area contributed by atoms with Gasteiger partial charge in [0.25, 0.3) is 0 Å². The molecule has 182 valence electrons.